The third kappa shape index (κ3) is 2.54. The largest absolute Gasteiger partial charge is 0.309 e. The molecule has 2 aliphatic rings. The fourth-order valence-corrected chi connectivity index (χ4v) is 4.74. The smallest absolute Gasteiger partial charge is 0.241 e. The van der Waals surface area contributed by atoms with Crippen molar-refractivity contribution in [1.29, 1.82) is 5.26 Å². The van der Waals surface area contributed by atoms with Crippen LogP contribution in [-0.2, 0) is 11.8 Å². The molecule has 1 saturated carbocycles. The average Bonchev–Trinajstić information content (AvgIpc) is 3.01. The van der Waals surface area contributed by atoms with Gasteiger partial charge in [-0.15, -0.1) is 21.5 Å². The monoisotopic (exact) mass is 345 g/mol. The maximum atomic E-state index is 12.7. The highest BCUT2D eigenvalue weighted by atomic mass is 32.2. The number of carbonyl (C=O) groups is 1. The molecule has 8 heteroatoms. The summed E-state index contributed by atoms with van der Waals surface area (Å²) in [5, 5.41) is 20.9. The van der Waals surface area contributed by atoms with E-state index in [9.17, 15) is 4.79 Å². The summed E-state index contributed by atoms with van der Waals surface area (Å²) >= 11 is 2.93. The van der Waals surface area contributed by atoms with Gasteiger partial charge in [0.15, 0.2) is 5.16 Å². The SMILES string of the molecule is Cn1c(S[C@H]2CCN(c3sccc3C#N)C2=O)nnc1C1CC1. The number of hydrogen-bond donors (Lipinski definition) is 0. The predicted molar refractivity (Wildman–Crippen MR) is 88.6 cm³/mol. The molecule has 0 radical (unpaired) electrons. The van der Waals surface area contributed by atoms with E-state index in [1.54, 1.807) is 11.0 Å². The molecule has 1 aliphatic carbocycles. The fourth-order valence-electron chi connectivity index (χ4n) is 2.81. The Hall–Kier alpha value is -1.85. The Balaban J connectivity index is 1.51. The van der Waals surface area contributed by atoms with Gasteiger partial charge in [0, 0.05) is 19.5 Å². The number of thiophene rings is 1. The molecule has 0 unspecified atom stereocenters. The van der Waals surface area contributed by atoms with E-state index in [1.807, 2.05) is 17.0 Å². The number of anilines is 1. The normalized spacial score (nSPS) is 21.0. The van der Waals surface area contributed by atoms with Gasteiger partial charge in [-0.3, -0.25) is 4.79 Å². The molecule has 118 valence electrons. The zero-order valence-electron chi connectivity index (χ0n) is 12.6. The average molecular weight is 345 g/mol. The Kier molecular flexibility index (Phi) is 3.62. The summed E-state index contributed by atoms with van der Waals surface area (Å²) < 4.78 is 2.02. The number of thioether (sulfide) groups is 1. The lowest BCUT2D eigenvalue weighted by molar-refractivity contribution is -0.116. The fraction of sp³-hybridized carbons (Fsp3) is 0.467. The zero-order valence-corrected chi connectivity index (χ0v) is 14.2. The Morgan fingerprint density at radius 1 is 1.39 bits per heavy atom. The molecule has 3 heterocycles. The second kappa shape index (κ2) is 5.65. The van der Waals surface area contributed by atoms with Crippen molar-refractivity contribution in [1.82, 2.24) is 14.8 Å². The lowest BCUT2D eigenvalue weighted by Crippen LogP contribution is -2.28. The summed E-state index contributed by atoms with van der Waals surface area (Å²) in [7, 11) is 1.97. The summed E-state index contributed by atoms with van der Waals surface area (Å²) in [4.78, 5) is 14.4. The molecule has 2 fully saturated rings. The van der Waals surface area contributed by atoms with E-state index in [1.165, 1.54) is 35.9 Å². The topological polar surface area (TPSA) is 74.8 Å². The quantitative estimate of drug-likeness (QED) is 0.851. The summed E-state index contributed by atoms with van der Waals surface area (Å²) in [6.07, 6.45) is 3.13. The summed E-state index contributed by atoms with van der Waals surface area (Å²) in [6.45, 7) is 0.652. The molecule has 0 spiro atoms. The first-order chi connectivity index (χ1) is 11.2. The zero-order chi connectivity index (χ0) is 16.0. The first kappa shape index (κ1) is 14.7. The van der Waals surface area contributed by atoms with Crippen LogP contribution in [0.4, 0.5) is 5.00 Å². The van der Waals surface area contributed by atoms with Crippen LogP contribution >= 0.6 is 23.1 Å². The molecule has 0 aromatic carbocycles. The van der Waals surface area contributed by atoms with Crippen molar-refractivity contribution >= 4 is 34.0 Å². The van der Waals surface area contributed by atoms with Crippen LogP contribution in [0.1, 0.15) is 36.6 Å². The highest BCUT2D eigenvalue weighted by Crippen LogP contribution is 2.41. The highest BCUT2D eigenvalue weighted by molar-refractivity contribution is 8.00. The van der Waals surface area contributed by atoms with Crippen LogP contribution in [0.3, 0.4) is 0 Å². The first-order valence-corrected chi connectivity index (χ1v) is 9.30. The Labute approximate surface area is 142 Å². The number of nitrogens with zero attached hydrogens (tertiary/aromatic N) is 5. The minimum absolute atomic E-state index is 0.0601. The van der Waals surface area contributed by atoms with E-state index < -0.39 is 0 Å². The van der Waals surface area contributed by atoms with Gasteiger partial charge in [0.05, 0.1) is 10.8 Å². The molecule has 6 nitrogen and oxygen atoms in total. The predicted octanol–water partition coefficient (Wildman–Crippen LogP) is 2.52. The maximum Gasteiger partial charge on any atom is 0.241 e. The van der Waals surface area contributed by atoms with Crippen LogP contribution in [0, 0.1) is 11.3 Å². The van der Waals surface area contributed by atoms with E-state index in [2.05, 4.69) is 16.3 Å². The van der Waals surface area contributed by atoms with E-state index in [-0.39, 0.29) is 11.2 Å². The molecule has 0 N–H and O–H groups in total. The molecule has 4 rings (SSSR count). The Bertz CT molecular complexity index is 801. The Morgan fingerprint density at radius 2 is 2.22 bits per heavy atom. The van der Waals surface area contributed by atoms with Crippen molar-refractivity contribution < 1.29 is 4.79 Å². The summed E-state index contributed by atoms with van der Waals surface area (Å²) in [5.74, 6) is 1.63. The van der Waals surface area contributed by atoms with Crippen molar-refractivity contribution in [3.63, 3.8) is 0 Å². The lowest BCUT2D eigenvalue weighted by atomic mass is 10.3. The number of amides is 1. The summed E-state index contributed by atoms with van der Waals surface area (Å²) in [6, 6.07) is 3.91. The summed E-state index contributed by atoms with van der Waals surface area (Å²) in [5.41, 5.74) is 0.573. The van der Waals surface area contributed by atoms with Gasteiger partial charge in [0.2, 0.25) is 5.91 Å². The van der Waals surface area contributed by atoms with Crippen molar-refractivity contribution in [3.8, 4) is 6.07 Å². The highest BCUT2D eigenvalue weighted by Gasteiger charge is 2.37. The van der Waals surface area contributed by atoms with Gasteiger partial charge in [-0.1, -0.05) is 11.8 Å². The molecule has 23 heavy (non-hydrogen) atoms. The van der Waals surface area contributed by atoms with Gasteiger partial charge in [-0.05, 0) is 30.7 Å². The van der Waals surface area contributed by atoms with Gasteiger partial charge in [0.25, 0.3) is 0 Å². The molecule has 1 amide bonds. The number of aromatic nitrogens is 3. The van der Waals surface area contributed by atoms with E-state index in [0.717, 1.165) is 22.4 Å². The van der Waals surface area contributed by atoms with Gasteiger partial charge in [-0.25, -0.2) is 0 Å². The molecular weight excluding hydrogens is 330 g/mol. The molecule has 0 bridgehead atoms. The van der Waals surface area contributed by atoms with Crippen LogP contribution in [-0.4, -0.2) is 32.5 Å². The van der Waals surface area contributed by atoms with Crippen LogP contribution in [0.5, 0.6) is 0 Å². The lowest BCUT2D eigenvalue weighted by Gasteiger charge is -2.14. The van der Waals surface area contributed by atoms with Gasteiger partial charge < -0.3 is 9.47 Å². The third-order valence-electron chi connectivity index (χ3n) is 4.23. The van der Waals surface area contributed by atoms with Gasteiger partial charge >= 0.3 is 0 Å². The van der Waals surface area contributed by atoms with E-state index in [0.29, 0.717) is 18.0 Å². The van der Waals surface area contributed by atoms with Crippen molar-refractivity contribution in [2.45, 2.75) is 35.6 Å². The minimum atomic E-state index is -0.154. The molecule has 1 aliphatic heterocycles. The second-order valence-electron chi connectivity index (χ2n) is 5.81. The van der Waals surface area contributed by atoms with Crippen LogP contribution < -0.4 is 4.90 Å². The van der Waals surface area contributed by atoms with Gasteiger partial charge in [-0.2, -0.15) is 5.26 Å². The van der Waals surface area contributed by atoms with Crippen LogP contribution in [0.25, 0.3) is 0 Å². The molecule has 2 aromatic rings. The Morgan fingerprint density at radius 3 is 2.96 bits per heavy atom. The molecule has 1 saturated heterocycles. The molecular formula is C15H15N5OS2. The number of hydrogen-bond acceptors (Lipinski definition) is 6. The maximum absolute atomic E-state index is 12.7. The van der Waals surface area contributed by atoms with Crippen LogP contribution in [0.2, 0.25) is 0 Å². The molecule has 2 aromatic heterocycles. The van der Waals surface area contributed by atoms with Gasteiger partial charge in [0.1, 0.15) is 16.9 Å². The minimum Gasteiger partial charge on any atom is -0.309 e. The number of nitriles is 1. The first-order valence-electron chi connectivity index (χ1n) is 7.54. The standard InChI is InChI=1S/C15H15N5OS2/c1-19-12(9-2-3-9)17-18-15(19)23-11-4-6-20(13(11)21)14-10(8-16)5-7-22-14/h5,7,9,11H,2-4,6H2,1H3/t11-/m0/s1. The number of carbonyl (C=O) groups excluding carboxylic acids is 1. The second-order valence-corrected chi connectivity index (χ2v) is 7.87. The van der Waals surface area contributed by atoms with E-state index >= 15 is 0 Å². The number of rotatable bonds is 4. The van der Waals surface area contributed by atoms with E-state index in [4.69, 9.17) is 5.26 Å². The third-order valence-corrected chi connectivity index (χ3v) is 6.45. The van der Waals surface area contributed by atoms with Crippen molar-refractivity contribution in [2.75, 3.05) is 11.4 Å². The van der Waals surface area contributed by atoms with Crippen molar-refractivity contribution in [3.05, 3.63) is 22.8 Å². The van der Waals surface area contributed by atoms with Crippen molar-refractivity contribution in [2.24, 2.45) is 7.05 Å². The van der Waals surface area contributed by atoms with Crippen LogP contribution in [0.15, 0.2) is 16.6 Å². The molecule has 1 atom stereocenters.